The summed E-state index contributed by atoms with van der Waals surface area (Å²) in [6.45, 7) is 0.0767. The van der Waals surface area contributed by atoms with Crippen molar-refractivity contribution < 1.29 is 44.3 Å². The molecule has 2 heterocycles. The molecule has 1 aliphatic heterocycles. The predicted molar refractivity (Wildman–Crippen MR) is 144 cm³/mol. The van der Waals surface area contributed by atoms with Crippen LogP contribution in [0.1, 0.15) is 46.3 Å². The van der Waals surface area contributed by atoms with Gasteiger partial charge in [0.25, 0.3) is 5.91 Å². The lowest BCUT2D eigenvalue weighted by Crippen LogP contribution is -2.35. The molecule has 1 saturated heterocycles. The van der Waals surface area contributed by atoms with Gasteiger partial charge in [0.1, 0.15) is 6.61 Å². The SMILES string of the molecule is CCS(=O)(=O)c1ccc(CNC(=O)c2cnc(N3CC(c4ccc(C(F)(F)F)cc4)C[C@H]3COCC(F)(F)F)nc2)cc1. The standard InChI is InChI=1S/C28H28F6N4O4S/c1-2-43(40,41)24-9-3-18(4-10-24)12-35-25(39)21-13-36-26(37-14-21)38-15-20(11-23(38)16-42-17-27(29,30)31)19-5-7-22(8-6-19)28(32,33)34/h3-10,13-14,20,23H,2,11-12,15-17H2,1H3,(H,35,39)/t20?,23-/m0/s1. The largest absolute Gasteiger partial charge is 0.416 e. The van der Waals surface area contributed by atoms with Crippen LogP contribution in [0.25, 0.3) is 0 Å². The molecule has 1 aromatic heterocycles. The summed E-state index contributed by atoms with van der Waals surface area (Å²) in [7, 11) is -3.35. The third-order valence-corrected chi connectivity index (χ3v) is 8.72. The lowest BCUT2D eigenvalue weighted by molar-refractivity contribution is -0.174. The summed E-state index contributed by atoms with van der Waals surface area (Å²) in [6, 6.07) is 10.1. The third kappa shape index (κ3) is 8.44. The minimum absolute atomic E-state index is 0.0342. The normalized spacial score (nSPS) is 17.7. The van der Waals surface area contributed by atoms with Crippen LogP contribution in [0, 0.1) is 0 Å². The second-order valence-electron chi connectivity index (χ2n) is 9.99. The minimum atomic E-state index is -4.53. The van der Waals surface area contributed by atoms with E-state index in [1.807, 2.05) is 0 Å². The average Bonchev–Trinajstić information content (AvgIpc) is 3.39. The van der Waals surface area contributed by atoms with Crippen LogP contribution in [0.15, 0.2) is 65.8 Å². The zero-order valence-corrected chi connectivity index (χ0v) is 23.6. The summed E-state index contributed by atoms with van der Waals surface area (Å²) in [4.78, 5) is 22.9. The monoisotopic (exact) mass is 630 g/mol. The van der Waals surface area contributed by atoms with Crippen molar-refractivity contribution in [3.63, 3.8) is 0 Å². The molecule has 1 fully saturated rings. The van der Waals surface area contributed by atoms with Crippen LogP contribution in [0.5, 0.6) is 0 Å². The van der Waals surface area contributed by atoms with Crippen molar-refractivity contribution in [3.05, 3.63) is 83.2 Å². The maximum Gasteiger partial charge on any atom is 0.416 e. The number of hydrogen-bond donors (Lipinski definition) is 1. The van der Waals surface area contributed by atoms with E-state index in [1.54, 1.807) is 24.0 Å². The molecule has 2 aromatic carbocycles. The summed E-state index contributed by atoms with van der Waals surface area (Å²) >= 11 is 0. The van der Waals surface area contributed by atoms with Crippen molar-refractivity contribution in [1.82, 2.24) is 15.3 Å². The number of rotatable bonds is 10. The third-order valence-electron chi connectivity index (χ3n) is 6.97. The van der Waals surface area contributed by atoms with Gasteiger partial charge in [-0.1, -0.05) is 31.2 Å². The molecule has 0 saturated carbocycles. The molecule has 1 amide bonds. The first-order valence-corrected chi connectivity index (χ1v) is 14.8. The van der Waals surface area contributed by atoms with Crippen LogP contribution < -0.4 is 10.2 Å². The number of carbonyl (C=O) groups excluding carboxylic acids is 1. The molecular weight excluding hydrogens is 602 g/mol. The molecule has 8 nitrogen and oxygen atoms in total. The first-order chi connectivity index (χ1) is 20.2. The van der Waals surface area contributed by atoms with Gasteiger partial charge < -0.3 is 15.0 Å². The molecule has 0 spiro atoms. The van der Waals surface area contributed by atoms with Gasteiger partial charge in [-0.05, 0) is 41.8 Å². The number of carbonyl (C=O) groups is 1. The number of anilines is 1. The summed E-state index contributed by atoms with van der Waals surface area (Å²) in [5.74, 6) is -0.745. The van der Waals surface area contributed by atoms with E-state index in [2.05, 4.69) is 15.3 Å². The smallest absolute Gasteiger partial charge is 0.370 e. The Bertz CT molecular complexity index is 1500. The molecule has 43 heavy (non-hydrogen) atoms. The maximum atomic E-state index is 13.0. The van der Waals surface area contributed by atoms with E-state index in [9.17, 15) is 39.6 Å². The van der Waals surface area contributed by atoms with Gasteiger partial charge in [-0.15, -0.1) is 0 Å². The van der Waals surface area contributed by atoms with Crippen LogP contribution in [-0.4, -0.2) is 62.0 Å². The van der Waals surface area contributed by atoms with E-state index in [0.717, 1.165) is 12.1 Å². The lowest BCUT2D eigenvalue weighted by atomic mass is 9.95. The summed E-state index contributed by atoms with van der Waals surface area (Å²) in [6.07, 6.45) is -6.23. The molecule has 3 aromatic rings. The summed E-state index contributed by atoms with van der Waals surface area (Å²) in [5.41, 5.74) is 0.536. The molecule has 15 heteroatoms. The number of sulfone groups is 1. The van der Waals surface area contributed by atoms with E-state index >= 15 is 0 Å². The van der Waals surface area contributed by atoms with Crippen LogP contribution in [0.2, 0.25) is 0 Å². The molecule has 0 radical (unpaired) electrons. The van der Waals surface area contributed by atoms with Crippen molar-refractivity contribution in [2.24, 2.45) is 0 Å². The number of alkyl halides is 6. The minimum Gasteiger partial charge on any atom is -0.370 e. The Balaban J connectivity index is 1.43. The number of nitrogens with zero attached hydrogens (tertiary/aromatic N) is 3. The van der Waals surface area contributed by atoms with Crippen LogP contribution in [0.3, 0.4) is 0 Å². The van der Waals surface area contributed by atoms with Crippen LogP contribution >= 0.6 is 0 Å². The molecule has 4 rings (SSSR count). The van der Waals surface area contributed by atoms with Gasteiger partial charge >= 0.3 is 12.4 Å². The number of nitrogens with one attached hydrogen (secondary N) is 1. The Morgan fingerprint density at radius 1 is 1.00 bits per heavy atom. The predicted octanol–water partition coefficient (Wildman–Crippen LogP) is 5.16. The fraction of sp³-hybridized carbons (Fsp3) is 0.393. The highest BCUT2D eigenvalue weighted by molar-refractivity contribution is 7.91. The fourth-order valence-corrected chi connectivity index (χ4v) is 5.55. The average molecular weight is 631 g/mol. The Morgan fingerprint density at radius 2 is 1.63 bits per heavy atom. The van der Waals surface area contributed by atoms with Crippen molar-refractivity contribution in [2.45, 2.75) is 49.1 Å². The Labute approximate surface area is 244 Å². The number of ether oxygens (including phenoxy) is 1. The quantitative estimate of drug-likeness (QED) is 0.309. The Kier molecular flexibility index (Phi) is 9.64. The van der Waals surface area contributed by atoms with Gasteiger partial charge in [-0.2, -0.15) is 26.3 Å². The number of benzene rings is 2. The molecule has 2 atom stereocenters. The topological polar surface area (TPSA) is 101 Å². The van der Waals surface area contributed by atoms with E-state index in [0.29, 0.717) is 11.1 Å². The first kappa shape index (κ1) is 32.2. The van der Waals surface area contributed by atoms with Gasteiger partial charge in [-0.25, -0.2) is 18.4 Å². The van der Waals surface area contributed by atoms with Crippen LogP contribution in [0.4, 0.5) is 32.3 Å². The van der Waals surface area contributed by atoms with E-state index in [-0.39, 0.29) is 54.2 Å². The summed E-state index contributed by atoms with van der Waals surface area (Å²) < 4.78 is 106. The van der Waals surface area contributed by atoms with Gasteiger partial charge in [0.15, 0.2) is 9.84 Å². The van der Waals surface area contributed by atoms with Crippen LogP contribution in [-0.2, 0) is 27.3 Å². The highest BCUT2D eigenvalue weighted by atomic mass is 32.2. The van der Waals surface area contributed by atoms with E-state index in [4.69, 9.17) is 4.74 Å². The van der Waals surface area contributed by atoms with E-state index < -0.39 is 46.3 Å². The second kappa shape index (κ2) is 12.9. The Morgan fingerprint density at radius 3 is 2.19 bits per heavy atom. The lowest BCUT2D eigenvalue weighted by Gasteiger charge is -2.24. The van der Waals surface area contributed by atoms with Crippen molar-refractivity contribution in [1.29, 1.82) is 0 Å². The summed E-state index contributed by atoms with van der Waals surface area (Å²) in [5, 5.41) is 2.68. The van der Waals surface area contributed by atoms with Crippen molar-refractivity contribution >= 4 is 21.7 Å². The number of halogens is 6. The zero-order chi connectivity index (χ0) is 31.4. The van der Waals surface area contributed by atoms with Gasteiger partial charge in [0.2, 0.25) is 5.95 Å². The molecule has 1 aliphatic rings. The molecular formula is C28H28F6N4O4S. The molecule has 1 unspecified atom stereocenters. The molecule has 232 valence electrons. The van der Waals surface area contributed by atoms with Crippen molar-refractivity contribution in [2.75, 3.05) is 30.4 Å². The molecule has 1 N–H and O–H groups in total. The zero-order valence-electron chi connectivity index (χ0n) is 22.8. The maximum absolute atomic E-state index is 13.0. The van der Waals surface area contributed by atoms with Crippen molar-refractivity contribution in [3.8, 4) is 0 Å². The van der Waals surface area contributed by atoms with Gasteiger partial charge in [-0.3, -0.25) is 4.79 Å². The second-order valence-corrected chi connectivity index (χ2v) is 12.3. The molecule has 0 bridgehead atoms. The fourth-order valence-electron chi connectivity index (χ4n) is 4.67. The Hall–Kier alpha value is -3.72. The highest BCUT2D eigenvalue weighted by Gasteiger charge is 2.37. The first-order valence-electron chi connectivity index (χ1n) is 13.2. The van der Waals surface area contributed by atoms with E-state index in [1.165, 1.54) is 36.7 Å². The number of hydrogen-bond acceptors (Lipinski definition) is 7. The molecule has 0 aliphatic carbocycles. The highest BCUT2D eigenvalue weighted by Crippen LogP contribution is 2.36. The number of aromatic nitrogens is 2. The van der Waals surface area contributed by atoms with Gasteiger partial charge in [0.05, 0.1) is 34.4 Å². The number of amides is 1. The van der Waals surface area contributed by atoms with Gasteiger partial charge in [0, 0.05) is 31.4 Å².